The fourth-order valence-corrected chi connectivity index (χ4v) is 5.06. The van der Waals surface area contributed by atoms with Crippen LogP contribution in [0.25, 0.3) is 0 Å². The third kappa shape index (κ3) is 4.63. The Morgan fingerprint density at radius 3 is 2.39 bits per heavy atom. The lowest BCUT2D eigenvalue weighted by Crippen LogP contribution is -2.43. The monoisotopic (exact) mass is 490 g/mol. The number of ketones is 1. The van der Waals surface area contributed by atoms with Crippen LogP contribution in [0.2, 0.25) is 0 Å². The molecule has 2 aromatic rings. The topological polar surface area (TPSA) is 104 Å². The van der Waals surface area contributed by atoms with Crippen molar-refractivity contribution in [3.8, 4) is 5.75 Å². The summed E-state index contributed by atoms with van der Waals surface area (Å²) >= 11 is 0. The van der Waals surface area contributed by atoms with E-state index in [4.69, 9.17) is 14.2 Å². The molecule has 0 fully saturated rings. The van der Waals surface area contributed by atoms with Crippen LogP contribution in [-0.4, -0.2) is 43.0 Å². The van der Waals surface area contributed by atoms with Crippen molar-refractivity contribution in [1.82, 2.24) is 10.3 Å². The SMILES string of the molecule is CCOC(=O)C1=C(C)NC2=C(C(=O)C(C(=O)OCC)C(c3ccc(OC)cc3)C2)C1c1cccnc1. The van der Waals surface area contributed by atoms with Crippen LogP contribution in [-0.2, 0) is 23.9 Å². The summed E-state index contributed by atoms with van der Waals surface area (Å²) in [5.74, 6) is -3.00. The van der Waals surface area contributed by atoms with Gasteiger partial charge >= 0.3 is 11.9 Å². The molecule has 1 N–H and O–H groups in total. The number of dihydropyridines is 1. The van der Waals surface area contributed by atoms with Gasteiger partial charge in [0.15, 0.2) is 5.78 Å². The minimum atomic E-state index is -1.06. The van der Waals surface area contributed by atoms with Crippen LogP contribution in [0.3, 0.4) is 0 Å². The number of Topliss-reactive ketones (excluding diaryl/α,β-unsaturated/α-hetero) is 1. The molecule has 3 unspecified atom stereocenters. The Balaban J connectivity index is 1.87. The van der Waals surface area contributed by atoms with Gasteiger partial charge in [-0.25, -0.2) is 4.79 Å². The molecule has 2 aliphatic rings. The number of rotatable bonds is 7. The minimum Gasteiger partial charge on any atom is -0.497 e. The van der Waals surface area contributed by atoms with Crippen LogP contribution in [0.15, 0.2) is 71.3 Å². The van der Waals surface area contributed by atoms with E-state index in [0.717, 1.165) is 5.56 Å². The largest absolute Gasteiger partial charge is 0.497 e. The van der Waals surface area contributed by atoms with E-state index in [-0.39, 0.29) is 19.0 Å². The molecule has 36 heavy (non-hydrogen) atoms. The van der Waals surface area contributed by atoms with Gasteiger partial charge in [0.05, 0.1) is 25.9 Å². The number of hydrogen-bond acceptors (Lipinski definition) is 8. The van der Waals surface area contributed by atoms with Crippen molar-refractivity contribution in [3.05, 3.63) is 82.5 Å². The molecule has 8 nitrogen and oxygen atoms in total. The Morgan fingerprint density at radius 1 is 1.06 bits per heavy atom. The molecule has 0 amide bonds. The van der Waals surface area contributed by atoms with Gasteiger partial charge in [0.25, 0.3) is 0 Å². The zero-order valence-electron chi connectivity index (χ0n) is 20.9. The Labute approximate surface area is 210 Å². The summed E-state index contributed by atoms with van der Waals surface area (Å²) < 4.78 is 16.0. The maximum Gasteiger partial charge on any atom is 0.336 e. The molecule has 4 rings (SSSR count). The number of nitrogens with one attached hydrogen (secondary N) is 1. The number of pyridine rings is 1. The number of esters is 2. The number of nitrogens with zero attached hydrogens (tertiary/aromatic N) is 1. The predicted octanol–water partition coefficient (Wildman–Crippen LogP) is 3.80. The summed E-state index contributed by atoms with van der Waals surface area (Å²) in [4.78, 5) is 44.6. The summed E-state index contributed by atoms with van der Waals surface area (Å²) in [5, 5.41) is 3.29. The second kappa shape index (κ2) is 10.8. The predicted molar refractivity (Wildman–Crippen MR) is 132 cm³/mol. The summed E-state index contributed by atoms with van der Waals surface area (Å²) in [7, 11) is 1.58. The van der Waals surface area contributed by atoms with Crippen molar-refractivity contribution >= 4 is 17.7 Å². The molecule has 1 aromatic heterocycles. The standard InChI is InChI=1S/C28H30N2O6/c1-5-35-27(32)22-16(3)30-21-14-20(17-9-11-19(34-4)12-10-17)24(28(33)36-6-2)26(31)25(21)23(22)18-8-7-13-29-15-18/h7-13,15,20,23-24,30H,5-6,14H2,1-4H3. The first-order valence-corrected chi connectivity index (χ1v) is 12.0. The molecule has 0 saturated heterocycles. The lowest BCUT2D eigenvalue weighted by Gasteiger charge is -2.39. The van der Waals surface area contributed by atoms with Crippen molar-refractivity contribution in [1.29, 1.82) is 0 Å². The van der Waals surface area contributed by atoms with Crippen LogP contribution in [0, 0.1) is 5.92 Å². The molecule has 0 saturated carbocycles. The molecule has 0 bridgehead atoms. The van der Waals surface area contributed by atoms with Crippen LogP contribution >= 0.6 is 0 Å². The maximum absolute atomic E-state index is 14.2. The Kier molecular flexibility index (Phi) is 7.52. The highest BCUT2D eigenvalue weighted by Crippen LogP contribution is 2.48. The molecule has 2 heterocycles. The van der Waals surface area contributed by atoms with Crippen molar-refractivity contribution in [3.63, 3.8) is 0 Å². The third-order valence-corrected chi connectivity index (χ3v) is 6.62. The molecule has 8 heteroatoms. The Hall–Kier alpha value is -3.94. The highest BCUT2D eigenvalue weighted by atomic mass is 16.5. The van der Waals surface area contributed by atoms with E-state index in [2.05, 4.69) is 10.3 Å². The number of carbonyl (C=O) groups is 3. The van der Waals surface area contributed by atoms with Gasteiger partial charge in [-0.1, -0.05) is 18.2 Å². The molecule has 0 radical (unpaired) electrons. The molecule has 188 valence electrons. The average Bonchev–Trinajstić information content (AvgIpc) is 2.88. The van der Waals surface area contributed by atoms with Gasteiger partial charge in [0, 0.05) is 41.2 Å². The first-order chi connectivity index (χ1) is 17.4. The first-order valence-electron chi connectivity index (χ1n) is 12.0. The van der Waals surface area contributed by atoms with Crippen LogP contribution < -0.4 is 10.1 Å². The van der Waals surface area contributed by atoms with E-state index in [1.54, 1.807) is 46.3 Å². The second-order valence-corrected chi connectivity index (χ2v) is 8.67. The zero-order chi connectivity index (χ0) is 25.8. The number of benzene rings is 1. The average molecular weight is 491 g/mol. The molecular weight excluding hydrogens is 460 g/mol. The van der Waals surface area contributed by atoms with E-state index < -0.39 is 29.7 Å². The highest BCUT2D eigenvalue weighted by molar-refractivity contribution is 6.13. The van der Waals surface area contributed by atoms with Crippen LogP contribution in [0.1, 0.15) is 50.2 Å². The number of hydrogen-bond donors (Lipinski definition) is 1. The lowest BCUT2D eigenvalue weighted by atomic mass is 9.67. The van der Waals surface area contributed by atoms with E-state index in [9.17, 15) is 14.4 Å². The van der Waals surface area contributed by atoms with E-state index >= 15 is 0 Å². The summed E-state index contributed by atoms with van der Waals surface area (Å²) in [6.07, 6.45) is 3.65. The quantitative estimate of drug-likeness (QED) is 0.462. The summed E-state index contributed by atoms with van der Waals surface area (Å²) in [6.45, 7) is 5.59. The molecule has 0 spiro atoms. The molecule has 1 aliphatic heterocycles. The van der Waals surface area contributed by atoms with Gasteiger partial charge in [0.2, 0.25) is 0 Å². The smallest absolute Gasteiger partial charge is 0.336 e. The number of methoxy groups -OCH3 is 1. The zero-order valence-corrected chi connectivity index (χ0v) is 20.9. The summed E-state index contributed by atoms with van der Waals surface area (Å²) in [5.41, 5.74) is 3.50. The normalized spacial score (nSPS) is 21.4. The number of ether oxygens (including phenoxy) is 3. The first kappa shape index (κ1) is 25.2. The fraction of sp³-hybridized carbons (Fsp3) is 0.357. The van der Waals surface area contributed by atoms with E-state index in [1.165, 1.54) is 0 Å². The fourth-order valence-electron chi connectivity index (χ4n) is 5.06. The highest BCUT2D eigenvalue weighted by Gasteiger charge is 2.49. The van der Waals surface area contributed by atoms with Crippen molar-refractivity contribution in [2.45, 2.75) is 39.0 Å². The van der Waals surface area contributed by atoms with Gasteiger partial charge in [-0.15, -0.1) is 0 Å². The second-order valence-electron chi connectivity index (χ2n) is 8.67. The van der Waals surface area contributed by atoms with Crippen molar-refractivity contribution < 1.29 is 28.6 Å². The van der Waals surface area contributed by atoms with E-state index in [0.29, 0.717) is 40.3 Å². The number of aromatic nitrogens is 1. The van der Waals surface area contributed by atoms with Gasteiger partial charge in [-0.3, -0.25) is 14.6 Å². The number of carbonyl (C=O) groups excluding carboxylic acids is 3. The van der Waals surface area contributed by atoms with Gasteiger partial charge in [-0.2, -0.15) is 0 Å². The van der Waals surface area contributed by atoms with Crippen LogP contribution in [0.4, 0.5) is 0 Å². The minimum absolute atomic E-state index is 0.154. The van der Waals surface area contributed by atoms with Crippen molar-refractivity contribution in [2.24, 2.45) is 5.92 Å². The Morgan fingerprint density at radius 2 is 1.78 bits per heavy atom. The molecular formula is C28H30N2O6. The molecule has 3 atom stereocenters. The van der Waals surface area contributed by atoms with Crippen molar-refractivity contribution in [2.75, 3.05) is 20.3 Å². The molecule has 1 aromatic carbocycles. The third-order valence-electron chi connectivity index (χ3n) is 6.62. The molecule has 1 aliphatic carbocycles. The van der Waals surface area contributed by atoms with Crippen LogP contribution in [0.5, 0.6) is 5.75 Å². The van der Waals surface area contributed by atoms with E-state index in [1.807, 2.05) is 30.3 Å². The van der Waals surface area contributed by atoms with Gasteiger partial charge in [0.1, 0.15) is 11.7 Å². The van der Waals surface area contributed by atoms with Gasteiger partial charge < -0.3 is 19.5 Å². The maximum atomic E-state index is 14.2. The lowest BCUT2D eigenvalue weighted by molar-refractivity contribution is -0.152. The van der Waals surface area contributed by atoms with Gasteiger partial charge in [-0.05, 0) is 56.5 Å². The number of allylic oxidation sites excluding steroid dienone is 3. The Bertz CT molecular complexity index is 1220. The summed E-state index contributed by atoms with van der Waals surface area (Å²) in [6, 6.07) is 10.9.